The summed E-state index contributed by atoms with van der Waals surface area (Å²) in [7, 11) is 4.02. The highest BCUT2D eigenvalue weighted by Crippen LogP contribution is 2.25. The number of piperidine rings is 1. The van der Waals surface area contributed by atoms with Crippen molar-refractivity contribution >= 4 is 11.6 Å². The minimum atomic E-state index is 0.184. The van der Waals surface area contributed by atoms with Crippen molar-refractivity contribution in [3.63, 3.8) is 0 Å². The van der Waals surface area contributed by atoms with Gasteiger partial charge in [0.15, 0.2) is 0 Å². The molecule has 3 heteroatoms. The average molecular weight is 288 g/mol. The van der Waals surface area contributed by atoms with Gasteiger partial charge < -0.3 is 9.80 Å². The van der Waals surface area contributed by atoms with Gasteiger partial charge in [0.25, 0.3) is 5.91 Å². The highest BCUT2D eigenvalue weighted by atomic mass is 16.2. The van der Waals surface area contributed by atoms with Crippen LogP contribution in [0.1, 0.15) is 43.5 Å². The molecule has 0 spiro atoms. The second kappa shape index (κ2) is 6.97. The summed E-state index contributed by atoms with van der Waals surface area (Å²) in [5.74, 6) is 1.74. The first-order chi connectivity index (χ1) is 9.97. The second-order valence-corrected chi connectivity index (χ2v) is 6.81. The summed E-state index contributed by atoms with van der Waals surface area (Å²) < 4.78 is 0. The van der Waals surface area contributed by atoms with E-state index in [2.05, 4.69) is 13.8 Å². The van der Waals surface area contributed by atoms with Crippen molar-refractivity contribution < 1.29 is 4.79 Å². The van der Waals surface area contributed by atoms with Crippen LogP contribution < -0.4 is 4.90 Å². The molecule has 0 bridgehead atoms. The molecule has 0 unspecified atom stereocenters. The number of benzene rings is 1. The summed E-state index contributed by atoms with van der Waals surface area (Å²) in [6.45, 7) is 6.38. The first kappa shape index (κ1) is 15.9. The van der Waals surface area contributed by atoms with Gasteiger partial charge in [-0.3, -0.25) is 4.79 Å². The van der Waals surface area contributed by atoms with Crippen LogP contribution in [0.5, 0.6) is 0 Å². The number of anilines is 1. The average Bonchev–Trinajstić information content (AvgIpc) is 2.47. The molecule has 0 atom stereocenters. The molecule has 1 aromatic carbocycles. The molecule has 1 aromatic rings. The lowest BCUT2D eigenvalue weighted by Gasteiger charge is -2.33. The molecule has 1 heterocycles. The van der Waals surface area contributed by atoms with Crippen LogP contribution >= 0.6 is 0 Å². The molecular weight excluding hydrogens is 260 g/mol. The van der Waals surface area contributed by atoms with E-state index in [4.69, 9.17) is 0 Å². The minimum Gasteiger partial charge on any atom is -0.378 e. The van der Waals surface area contributed by atoms with Crippen LogP contribution in [0, 0.1) is 11.8 Å². The Balaban J connectivity index is 1.92. The zero-order chi connectivity index (χ0) is 15.4. The number of carbonyl (C=O) groups excluding carboxylic acids is 1. The number of nitrogens with zero attached hydrogens (tertiary/aromatic N) is 2. The Bertz CT molecular complexity index is 457. The quantitative estimate of drug-likeness (QED) is 0.844. The van der Waals surface area contributed by atoms with Crippen molar-refractivity contribution in [1.82, 2.24) is 4.90 Å². The van der Waals surface area contributed by atoms with Gasteiger partial charge in [-0.25, -0.2) is 0 Å². The Morgan fingerprint density at radius 2 is 1.76 bits per heavy atom. The predicted octanol–water partition coefficient (Wildman–Crippen LogP) is 3.65. The van der Waals surface area contributed by atoms with Crippen LogP contribution in [-0.4, -0.2) is 38.0 Å². The van der Waals surface area contributed by atoms with Gasteiger partial charge in [0, 0.05) is 38.4 Å². The standard InChI is InChI=1S/C18H28N2O/c1-14(2)13-15-9-11-20(12-10-15)18(21)16-5-7-17(8-6-16)19(3)4/h5-8,14-15H,9-13H2,1-4H3. The maximum Gasteiger partial charge on any atom is 0.253 e. The third-order valence-corrected chi connectivity index (χ3v) is 4.34. The second-order valence-electron chi connectivity index (χ2n) is 6.81. The fourth-order valence-corrected chi connectivity index (χ4v) is 3.12. The third kappa shape index (κ3) is 4.23. The van der Waals surface area contributed by atoms with E-state index in [1.165, 1.54) is 6.42 Å². The molecule has 1 saturated heterocycles. The molecule has 0 aromatic heterocycles. The SMILES string of the molecule is CC(C)CC1CCN(C(=O)c2ccc(N(C)C)cc2)CC1. The maximum absolute atomic E-state index is 12.5. The molecule has 21 heavy (non-hydrogen) atoms. The molecule has 1 amide bonds. The summed E-state index contributed by atoms with van der Waals surface area (Å²) in [6.07, 6.45) is 3.60. The Kier molecular flexibility index (Phi) is 5.27. The Morgan fingerprint density at radius 3 is 2.24 bits per heavy atom. The van der Waals surface area contributed by atoms with Gasteiger partial charge in [-0.1, -0.05) is 13.8 Å². The van der Waals surface area contributed by atoms with E-state index in [1.807, 2.05) is 48.2 Å². The number of rotatable bonds is 4. The number of likely N-dealkylation sites (tertiary alicyclic amines) is 1. The molecular formula is C18H28N2O. The number of amides is 1. The molecule has 3 nitrogen and oxygen atoms in total. The van der Waals surface area contributed by atoms with Gasteiger partial charge >= 0.3 is 0 Å². The van der Waals surface area contributed by atoms with Gasteiger partial charge in [-0.2, -0.15) is 0 Å². The van der Waals surface area contributed by atoms with Crippen LogP contribution in [0.4, 0.5) is 5.69 Å². The third-order valence-electron chi connectivity index (χ3n) is 4.34. The van der Waals surface area contributed by atoms with Crippen molar-refractivity contribution in [2.75, 3.05) is 32.1 Å². The van der Waals surface area contributed by atoms with Crippen molar-refractivity contribution in [2.45, 2.75) is 33.1 Å². The normalized spacial score (nSPS) is 16.3. The van der Waals surface area contributed by atoms with E-state index in [9.17, 15) is 4.79 Å². The molecule has 0 radical (unpaired) electrons. The lowest BCUT2D eigenvalue weighted by atomic mass is 9.88. The maximum atomic E-state index is 12.5. The smallest absolute Gasteiger partial charge is 0.253 e. The molecule has 1 aliphatic rings. The molecule has 1 aliphatic heterocycles. The number of hydrogen-bond donors (Lipinski definition) is 0. The van der Waals surface area contributed by atoms with Crippen LogP contribution in [0.3, 0.4) is 0 Å². The van der Waals surface area contributed by atoms with Crippen LogP contribution in [-0.2, 0) is 0 Å². The summed E-state index contributed by atoms with van der Waals surface area (Å²) in [5, 5.41) is 0. The monoisotopic (exact) mass is 288 g/mol. The van der Waals surface area contributed by atoms with Crippen LogP contribution in [0.2, 0.25) is 0 Å². The lowest BCUT2D eigenvalue weighted by molar-refractivity contribution is 0.0681. The Hall–Kier alpha value is -1.51. The van der Waals surface area contributed by atoms with Gasteiger partial charge in [0.05, 0.1) is 0 Å². The van der Waals surface area contributed by atoms with Crippen molar-refractivity contribution in [3.05, 3.63) is 29.8 Å². The lowest BCUT2D eigenvalue weighted by Crippen LogP contribution is -2.38. The Morgan fingerprint density at radius 1 is 1.19 bits per heavy atom. The van der Waals surface area contributed by atoms with E-state index in [-0.39, 0.29) is 5.91 Å². The Labute approximate surface area is 128 Å². The fraction of sp³-hybridized carbons (Fsp3) is 0.611. The molecule has 0 saturated carbocycles. The minimum absolute atomic E-state index is 0.184. The first-order valence-corrected chi connectivity index (χ1v) is 8.04. The molecule has 2 rings (SSSR count). The topological polar surface area (TPSA) is 23.6 Å². The van der Waals surface area contributed by atoms with E-state index >= 15 is 0 Å². The van der Waals surface area contributed by atoms with Gasteiger partial charge in [-0.15, -0.1) is 0 Å². The summed E-state index contributed by atoms with van der Waals surface area (Å²) in [5.41, 5.74) is 1.94. The summed E-state index contributed by atoms with van der Waals surface area (Å²) in [4.78, 5) is 16.6. The molecule has 116 valence electrons. The highest BCUT2D eigenvalue weighted by molar-refractivity contribution is 5.94. The van der Waals surface area contributed by atoms with E-state index in [0.717, 1.165) is 49.0 Å². The van der Waals surface area contributed by atoms with Gasteiger partial charge in [0.1, 0.15) is 0 Å². The molecule has 0 N–H and O–H groups in total. The van der Waals surface area contributed by atoms with Crippen molar-refractivity contribution in [1.29, 1.82) is 0 Å². The summed E-state index contributed by atoms with van der Waals surface area (Å²) >= 11 is 0. The molecule has 1 fully saturated rings. The largest absolute Gasteiger partial charge is 0.378 e. The van der Waals surface area contributed by atoms with Crippen LogP contribution in [0.25, 0.3) is 0 Å². The zero-order valence-corrected chi connectivity index (χ0v) is 13.8. The zero-order valence-electron chi connectivity index (χ0n) is 13.8. The number of carbonyl (C=O) groups is 1. The first-order valence-electron chi connectivity index (χ1n) is 8.04. The van der Waals surface area contributed by atoms with E-state index in [1.54, 1.807) is 0 Å². The van der Waals surface area contributed by atoms with E-state index < -0.39 is 0 Å². The number of hydrogen-bond acceptors (Lipinski definition) is 2. The highest BCUT2D eigenvalue weighted by Gasteiger charge is 2.23. The predicted molar refractivity (Wildman–Crippen MR) is 88.9 cm³/mol. The van der Waals surface area contributed by atoms with E-state index in [0.29, 0.717) is 0 Å². The van der Waals surface area contributed by atoms with Gasteiger partial charge in [-0.05, 0) is 55.4 Å². The summed E-state index contributed by atoms with van der Waals surface area (Å²) in [6, 6.07) is 7.91. The molecule has 0 aliphatic carbocycles. The van der Waals surface area contributed by atoms with Crippen LogP contribution in [0.15, 0.2) is 24.3 Å². The fourth-order valence-electron chi connectivity index (χ4n) is 3.12. The van der Waals surface area contributed by atoms with Crippen molar-refractivity contribution in [3.8, 4) is 0 Å². The van der Waals surface area contributed by atoms with Gasteiger partial charge in [0.2, 0.25) is 0 Å². The van der Waals surface area contributed by atoms with Crippen molar-refractivity contribution in [2.24, 2.45) is 11.8 Å².